The van der Waals surface area contributed by atoms with E-state index in [2.05, 4.69) is 32.6 Å². The Hall–Kier alpha value is -3.90. The number of rotatable bonds is 5. The van der Waals surface area contributed by atoms with Crippen LogP contribution in [-0.4, -0.2) is 31.5 Å². The van der Waals surface area contributed by atoms with Crippen molar-refractivity contribution in [1.82, 2.24) is 24.9 Å². The Bertz CT molecular complexity index is 1310. The normalized spacial score (nSPS) is 17.1. The molecule has 0 spiro atoms. The molecule has 0 unspecified atom stereocenters. The number of fused-ring (bicyclic) bond motifs is 1. The van der Waals surface area contributed by atoms with E-state index >= 15 is 0 Å². The third kappa shape index (κ3) is 3.81. The quantitative estimate of drug-likeness (QED) is 0.565. The number of pyridine rings is 1. The van der Waals surface area contributed by atoms with Crippen molar-refractivity contribution in [3.8, 4) is 6.07 Å². The van der Waals surface area contributed by atoms with Gasteiger partial charge in [-0.1, -0.05) is 18.2 Å². The number of allylic oxidation sites excluding steroid dienone is 1. The largest absolute Gasteiger partial charge is 0.367 e. The smallest absolute Gasteiger partial charge is 0.228 e. The molecule has 31 heavy (non-hydrogen) atoms. The molecule has 154 valence electrons. The number of halogens is 1. The van der Waals surface area contributed by atoms with E-state index in [-0.39, 0.29) is 12.3 Å². The minimum atomic E-state index is -0.0827. The van der Waals surface area contributed by atoms with Gasteiger partial charge in [0.25, 0.3) is 0 Å². The predicted octanol–water partition coefficient (Wildman–Crippen LogP) is 3.38. The molecule has 1 aliphatic carbocycles. The highest BCUT2D eigenvalue weighted by Gasteiger charge is 2.24. The van der Waals surface area contributed by atoms with Crippen molar-refractivity contribution in [2.24, 2.45) is 0 Å². The monoisotopic (exact) mass is 432 g/mol. The summed E-state index contributed by atoms with van der Waals surface area (Å²) >= 11 is 6.27. The first-order chi connectivity index (χ1) is 15.0. The molecule has 2 fully saturated rings. The van der Waals surface area contributed by atoms with Crippen LogP contribution in [0.2, 0.25) is 5.02 Å². The Morgan fingerprint density at radius 3 is 2.87 bits per heavy atom. The lowest BCUT2D eigenvalue weighted by Crippen LogP contribution is -2.10. The molecule has 1 amide bonds. The molecule has 5 rings (SSSR count). The van der Waals surface area contributed by atoms with E-state index in [0.29, 0.717) is 39.6 Å². The third-order valence-corrected chi connectivity index (χ3v) is 5.29. The molecule has 4 heterocycles. The molecule has 0 aromatic carbocycles. The Balaban J connectivity index is 1.57. The van der Waals surface area contributed by atoms with Gasteiger partial charge in [-0.25, -0.2) is 9.97 Å². The number of aromatic nitrogens is 4. The van der Waals surface area contributed by atoms with Crippen LogP contribution in [0.5, 0.6) is 0 Å². The lowest BCUT2D eigenvalue weighted by molar-refractivity contribution is -0.118. The number of anilines is 3. The molecule has 1 aliphatic heterocycles. The lowest BCUT2D eigenvalue weighted by atomic mass is 10.1. The van der Waals surface area contributed by atoms with Crippen molar-refractivity contribution < 1.29 is 4.79 Å². The third-order valence-electron chi connectivity index (χ3n) is 5.00. The number of nitriles is 1. The summed E-state index contributed by atoms with van der Waals surface area (Å²) in [5.41, 5.74) is 3.13. The van der Waals surface area contributed by atoms with Crippen molar-refractivity contribution in [2.75, 3.05) is 10.6 Å². The summed E-state index contributed by atoms with van der Waals surface area (Å²) in [5.74, 6) is 1.62. The lowest BCUT2D eigenvalue weighted by Gasteiger charge is -2.12. The second kappa shape index (κ2) is 7.41. The van der Waals surface area contributed by atoms with Crippen LogP contribution in [0.25, 0.3) is 11.7 Å². The summed E-state index contributed by atoms with van der Waals surface area (Å²) in [4.78, 5) is 20.6. The van der Waals surface area contributed by atoms with Gasteiger partial charge in [-0.2, -0.15) is 14.9 Å². The van der Waals surface area contributed by atoms with E-state index < -0.39 is 0 Å². The minimum Gasteiger partial charge on any atom is -0.367 e. The number of hydrogen-bond acceptors (Lipinski definition) is 7. The highest BCUT2D eigenvalue weighted by atomic mass is 35.5. The molecule has 3 aromatic heterocycles. The van der Waals surface area contributed by atoms with E-state index in [1.807, 2.05) is 18.2 Å². The van der Waals surface area contributed by atoms with Crippen molar-refractivity contribution in [1.29, 1.82) is 5.26 Å². The van der Waals surface area contributed by atoms with Crippen molar-refractivity contribution in [3.05, 3.63) is 58.5 Å². The first kappa shape index (κ1) is 19.1. The van der Waals surface area contributed by atoms with E-state index in [1.165, 1.54) is 6.20 Å². The van der Waals surface area contributed by atoms with Gasteiger partial charge in [0.05, 0.1) is 23.2 Å². The molecule has 1 saturated heterocycles. The van der Waals surface area contributed by atoms with Gasteiger partial charge in [0.2, 0.25) is 5.91 Å². The van der Waals surface area contributed by atoms with Crippen LogP contribution in [0.4, 0.5) is 17.5 Å². The summed E-state index contributed by atoms with van der Waals surface area (Å²) in [6, 6.07) is 5.79. The van der Waals surface area contributed by atoms with Gasteiger partial charge in [0, 0.05) is 29.6 Å². The first-order valence-electron chi connectivity index (χ1n) is 9.68. The van der Waals surface area contributed by atoms with Gasteiger partial charge >= 0.3 is 0 Å². The van der Waals surface area contributed by atoms with Gasteiger partial charge in [0.1, 0.15) is 23.5 Å². The van der Waals surface area contributed by atoms with E-state index in [1.54, 1.807) is 16.8 Å². The maximum atomic E-state index is 11.7. The topological polar surface area (TPSA) is 120 Å². The number of nitrogens with one attached hydrogen (secondary N) is 3. The fourth-order valence-corrected chi connectivity index (χ4v) is 3.51. The Labute approximate surface area is 182 Å². The van der Waals surface area contributed by atoms with Crippen LogP contribution < -0.4 is 16.0 Å². The maximum absolute atomic E-state index is 11.7. The van der Waals surface area contributed by atoms with Crippen molar-refractivity contribution >= 4 is 46.7 Å². The second-order valence-electron chi connectivity index (χ2n) is 7.44. The molecular weight excluding hydrogens is 416 g/mol. The number of hydrogen-bond donors (Lipinski definition) is 3. The Morgan fingerprint density at radius 1 is 1.35 bits per heavy atom. The van der Waals surface area contributed by atoms with Gasteiger partial charge in [-0.15, -0.1) is 0 Å². The van der Waals surface area contributed by atoms with Gasteiger partial charge in [-0.05, 0) is 30.6 Å². The number of carbonyl (C=O) groups is 1. The van der Waals surface area contributed by atoms with Crippen LogP contribution in [-0.2, 0) is 4.79 Å². The van der Waals surface area contributed by atoms with E-state index in [9.17, 15) is 4.79 Å². The summed E-state index contributed by atoms with van der Waals surface area (Å²) in [6.07, 6.45) is 7.49. The summed E-state index contributed by atoms with van der Waals surface area (Å²) in [5, 5.41) is 23.1. The van der Waals surface area contributed by atoms with Gasteiger partial charge in [0.15, 0.2) is 5.65 Å². The molecule has 3 N–H and O–H groups in total. The highest BCUT2D eigenvalue weighted by molar-refractivity contribution is 6.33. The van der Waals surface area contributed by atoms with Crippen LogP contribution in [0, 0.1) is 11.3 Å². The molecule has 10 heteroatoms. The average molecular weight is 433 g/mol. The number of amides is 1. The molecule has 0 radical (unpaired) electrons. The first-order valence-corrected chi connectivity index (χ1v) is 10.1. The average Bonchev–Trinajstić information content (AvgIpc) is 3.38. The van der Waals surface area contributed by atoms with Crippen LogP contribution in [0.15, 0.2) is 42.4 Å². The Morgan fingerprint density at radius 2 is 2.19 bits per heavy atom. The zero-order valence-electron chi connectivity index (χ0n) is 16.3. The van der Waals surface area contributed by atoms with E-state index in [0.717, 1.165) is 29.8 Å². The molecule has 3 aromatic rings. The molecular formula is C21H17ClN8O. The van der Waals surface area contributed by atoms with Crippen molar-refractivity contribution in [2.45, 2.75) is 25.3 Å². The molecule has 0 bridgehead atoms. The molecule has 9 nitrogen and oxygen atoms in total. The molecule has 1 saturated carbocycles. The summed E-state index contributed by atoms with van der Waals surface area (Å²) in [6.45, 7) is 3.89. The number of nitrogens with zero attached hydrogens (tertiary/aromatic N) is 5. The van der Waals surface area contributed by atoms with Crippen LogP contribution >= 0.6 is 11.6 Å². The molecule has 2 aliphatic rings. The molecule has 0 atom stereocenters. The maximum Gasteiger partial charge on any atom is 0.228 e. The standard InChI is InChI=1S/C21H17ClN8O/c1-11-13(6-19(31)26-11)5-14-10-25-30-18(27-15-2-3-15)7-17(29-21(14)30)28-20-16(22)4-12(8-23)9-24-20/h4-5,7,9-10,15,27H,1-3,6H2,(H,26,31)(H,24,28,29)/b13-5+. The fourth-order valence-electron chi connectivity index (χ4n) is 3.30. The predicted molar refractivity (Wildman–Crippen MR) is 117 cm³/mol. The zero-order valence-corrected chi connectivity index (χ0v) is 17.1. The summed E-state index contributed by atoms with van der Waals surface area (Å²) < 4.78 is 1.73. The SMILES string of the molecule is C=C1NC(=O)C/C1=C\c1cnn2c(NC3CC3)cc(Nc3ncc(C#N)cc3Cl)nc12. The zero-order chi connectivity index (χ0) is 21.5. The summed E-state index contributed by atoms with van der Waals surface area (Å²) in [7, 11) is 0. The van der Waals surface area contributed by atoms with Crippen LogP contribution in [0.1, 0.15) is 30.4 Å². The van der Waals surface area contributed by atoms with Crippen molar-refractivity contribution in [3.63, 3.8) is 0 Å². The van der Waals surface area contributed by atoms with Gasteiger partial charge < -0.3 is 16.0 Å². The Kier molecular flexibility index (Phi) is 4.56. The number of carbonyl (C=O) groups excluding carboxylic acids is 1. The van der Waals surface area contributed by atoms with Crippen LogP contribution in [0.3, 0.4) is 0 Å². The second-order valence-corrected chi connectivity index (χ2v) is 7.85. The van der Waals surface area contributed by atoms with Gasteiger partial charge in [-0.3, -0.25) is 4.79 Å². The fraction of sp³-hybridized carbons (Fsp3) is 0.190. The minimum absolute atomic E-state index is 0.0827. The highest BCUT2D eigenvalue weighted by Crippen LogP contribution is 2.30. The van der Waals surface area contributed by atoms with E-state index in [4.69, 9.17) is 21.8 Å².